The number of phenolic OH excluding ortho intramolecular Hbond substituents is 2. The van der Waals surface area contributed by atoms with Crippen LogP contribution in [0.1, 0.15) is 18.7 Å². The molecule has 2 N–H and O–H groups in total. The molecule has 0 bridgehead atoms. The Hall–Kier alpha value is -2.12. The van der Waals surface area contributed by atoms with Gasteiger partial charge in [0.2, 0.25) is 5.82 Å². The molecule has 2 heterocycles. The largest absolute Gasteiger partial charge is 0.508 e. The number of ether oxygens (including phenoxy) is 2. The first-order chi connectivity index (χ1) is 10.1. The highest BCUT2D eigenvalue weighted by Gasteiger charge is 2.39. The maximum absolute atomic E-state index is 9.85. The van der Waals surface area contributed by atoms with Crippen LogP contribution in [0.2, 0.25) is 0 Å². The number of aromatic nitrogens is 2. The molecule has 0 saturated carbocycles. The fourth-order valence-electron chi connectivity index (χ4n) is 2.44. The Bertz CT molecular complexity index is 634. The summed E-state index contributed by atoms with van der Waals surface area (Å²) in [7, 11) is 1.61. The van der Waals surface area contributed by atoms with Gasteiger partial charge < -0.3 is 24.2 Å². The number of aromatic hydroxyl groups is 2. The standard InChI is InChI=1S/C14H16N2O5/c1-19-14(4-6-20-7-5-14)13-15-12(21-16-13)10-3-2-9(17)8-11(10)18/h2-3,8,17-18H,4-7H2,1H3. The van der Waals surface area contributed by atoms with Crippen molar-refractivity contribution in [1.29, 1.82) is 0 Å². The van der Waals surface area contributed by atoms with Crippen LogP contribution in [0.15, 0.2) is 22.7 Å². The molecule has 0 amide bonds. The molecule has 1 aromatic carbocycles. The van der Waals surface area contributed by atoms with Crippen molar-refractivity contribution in [3.05, 3.63) is 24.0 Å². The second-order valence-electron chi connectivity index (χ2n) is 4.94. The molecule has 0 atom stereocenters. The van der Waals surface area contributed by atoms with Gasteiger partial charge in [0.05, 0.1) is 5.56 Å². The third-order valence-electron chi connectivity index (χ3n) is 3.74. The predicted octanol–water partition coefficient (Wildman–Crippen LogP) is 1.80. The van der Waals surface area contributed by atoms with Crippen molar-refractivity contribution in [1.82, 2.24) is 10.1 Å². The summed E-state index contributed by atoms with van der Waals surface area (Å²) in [5, 5.41) is 23.1. The molecule has 7 heteroatoms. The lowest BCUT2D eigenvalue weighted by Crippen LogP contribution is -2.36. The third kappa shape index (κ3) is 2.45. The summed E-state index contributed by atoms with van der Waals surface area (Å²) < 4.78 is 16.2. The second-order valence-corrected chi connectivity index (χ2v) is 4.94. The van der Waals surface area contributed by atoms with Gasteiger partial charge in [0, 0.05) is 39.2 Å². The minimum atomic E-state index is -0.619. The lowest BCUT2D eigenvalue weighted by atomic mass is 9.93. The maximum Gasteiger partial charge on any atom is 0.261 e. The Kier molecular flexibility index (Phi) is 3.52. The van der Waals surface area contributed by atoms with E-state index in [4.69, 9.17) is 14.0 Å². The van der Waals surface area contributed by atoms with Crippen LogP contribution >= 0.6 is 0 Å². The second kappa shape index (κ2) is 5.34. The van der Waals surface area contributed by atoms with E-state index >= 15 is 0 Å². The van der Waals surface area contributed by atoms with Crippen molar-refractivity contribution < 1.29 is 24.2 Å². The molecule has 1 saturated heterocycles. The Balaban J connectivity index is 1.95. The van der Waals surface area contributed by atoms with Gasteiger partial charge in [-0.05, 0) is 12.1 Å². The summed E-state index contributed by atoms with van der Waals surface area (Å²) >= 11 is 0. The first kappa shape index (κ1) is 13.8. The molecule has 3 rings (SSSR count). The number of methoxy groups -OCH3 is 1. The SMILES string of the molecule is COC1(c2noc(-c3ccc(O)cc3O)n2)CCOCC1. The first-order valence-corrected chi connectivity index (χ1v) is 6.64. The zero-order valence-electron chi connectivity index (χ0n) is 11.6. The van der Waals surface area contributed by atoms with Crippen LogP contribution < -0.4 is 0 Å². The topological polar surface area (TPSA) is 97.8 Å². The molecule has 7 nitrogen and oxygen atoms in total. The Morgan fingerprint density at radius 3 is 2.67 bits per heavy atom. The van der Waals surface area contributed by atoms with E-state index in [1.54, 1.807) is 7.11 Å². The van der Waals surface area contributed by atoms with Crippen molar-refractivity contribution in [2.75, 3.05) is 20.3 Å². The van der Waals surface area contributed by atoms with Crippen LogP contribution in [-0.2, 0) is 15.1 Å². The molecule has 21 heavy (non-hydrogen) atoms. The van der Waals surface area contributed by atoms with Gasteiger partial charge in [-0.3, -0.25) is 0 Å². The van der Waals surface area contributed by atoms with Crippen LogP contribution in [0.3, 0.4) is 0 Å². The van der Waals surface area contributed by atoms with E-state index in [0.717, 1.165) is 0 Å². The van der Waals surface area contributed by atoms with E-state index in [1.165, 1.54) is 18.2 Å². The van der Waals surface area contributed by atoms with E-state index < -0.39 is 5.60 Å². The number of phenols is 2. The van der Waals surface area contributed by atoms with Crippen molar-refractivity contribution in [3.63, 3.8) is 0 Å². The van der Waals surface area contributed by atoms with Gasteiger partial charge in [-0.25, -0.2) is 0 Å². The van der Waals surface area contributed by atoms with E-state index in [1.807, 2.05) is 0 Å². The minimum absolute atomic E-state index is 0.0335. The molecule has 1 fully saturated rings. The van der Waals surface area contributed by atoms with Gasteiger partial charge in [-0.15, -0.1) is 0 Å². The zero-order chi connectivity index (χ0) is 14.9. The maximum atomic E-state index is 9.85. The molecule has 2 aromatic rings. The monoisotopic (exact) mass is 292 g/mol. The highest BCUT2D eigenvalue weighted by atomic mass is 16.5. The zero-order valence-corrected chi connectivity index (χ0v) is 11.6. The number of benzene rings is 1. The van der Waals surface area contributed by atoms with Crippen LogP contribution in [0, 0.1) is 0 Å². The predicted molar refractivity (Wildman–Crippen MR) is 71.8 cm³/mol. The lowest BCUT2D eigenvalue weighted by molar-refractivity contribution is -0.101. The van der Waals surface area contributed by atoms with Crippen LogP contribution in [-0.4, -0.2) is 40.7 Å². The summed E-state index contributed by atoms with van der Waals surface area (Å²) in [5.41, 5.74) is -0.253. The highest BCUT2D eigenvalue weighted by Crippen LogP contribution is 2.36. The van der Waals surface area contributed by atoms with E-state index in [9.17, 15) is 10.2 Å². The first-order valence-electron chi connectivity index (χ1n) is 6.64. The van der Waals surface area contributed by atoms with Gasteiger partial charge in [0.25, 0.3) is 5.89 Å². The number of hydrogen-bond donors (Lipinski definition) is 2. The Labute approximate surface area is 121 Å². The van der Waals surface area contributed by atoms with Crippen molar-refractivity contribution >= 4 is 0 Å². The molecule has 0 unspecified atom stereocenters. The Morgan fingerprint density at radius 1 is 1.24 bits per heavy atom. The number of rotatable bonds is 3. The fourth-order valence-corrected chi connectivity index (χ4v) is 2.44. The lowest BCUT2D eigenvalue weighted by Gasteiger charge is -2.32. The quantitative estimate of drug-likeness (QED) is 0.890. The number of hydrogen-bond acceptors (Lipinski definition) is 7. The van der Waals surface area contributed by atoms with Crippen LogP contribution in [0.25, 0.3) is 11.5 Å². The van der Waals surface area contributed by atoms with Gasteiger partial charge in [0.15, 0.2) is 0 Å². The third-order valence-corrected chi connectivity index (χ3v) is 3.74. The molecule has 112 valence electrons. The van der Waals surface area contributed by atoms with Crippen LogP contribution in [0.4, 0.5) is 0 Å². The summed E-state index contributed by atoms with van der Waals surface area (Å²) in [6.45, 7) is 1.14. The van der Waals surface area contributed by atoms with Gasteiger partial charge in [-0.2, -0.15) is 4.98 Å². The summed E-state index contributed by atoms with van der Waals surface area (Å²) in [4.78, 5) is 4.34. The highest BCUT2D eigenvalue weighted by molar-refractivity contribution is 5.63. The smallest absolute Gasteiger partial charge is 0.261 e. The number of nitrogens with zero attached hydrogens (tertiary/aromatic N) is 2. The molecule has 0 spiro atoms. The molecule has 0 aliphatic carbocycles. The summed E-state index contributed by atoms with van der Waals surface area (Å²) in [5.74, 6) is 0.471. The Morgan fingerprint density at radius 2 is 2.00 bits per heavy atom. The van der Waals surface area contributed by atoms with Gasteiger partial charge >= 0.3 is 0 Å². The molecular weight excluding hydrogens is 276 g/mol. The van der Waals surface area contributed by atoms with E-state index in [0.29, 0.717) is 37.4 Å². The van der Waals surface area contributed by atoms with Gasteiger partial charge in [-0.1, -0.05) is 5.16 Å². The molecule has 1 aromatic heterocycles. The van der Waals surface area contributed by atoms with Crippen LogP contribution in [0.5, 0.6) is 11.5 Å². The average Bonchev–Trinajstić information content (AvgIpc) is 2.98. The van der Waals surface area contributed by atoms with E-state index in [2.05, 4.69) is 10.1 Å². The van der Waals surface area contributed by atoms with Gasteiger partial charge in [0.1, 0.15) is 17.1 Å². The summed E-state index contributed by atoms with van der Waals surface area (Å²) in [6, 6.07) is 4.19. The summed E-state index contributed by atoms with van der Waals surface area (Å²) in [6.07, 6.45) is 1.29. The van der Waals surface area contributed by atoms with E-state index in [-0.39, 0.29) is 17.4 Å². The fraction of sp³-hybridized carbons (Fsp3) is 0.429. The average molecular weight is 292 g/mol. The normalized spacial score (nSPS) is 17.8. The molecule has 1 aliphatic heterocycles. The van der Waals surface area contributed by atoms with Crippen molar-refractivity contribution in [2.24, 2.45) is 0 Å². The van der Waals surface area contributed by atoms with Crippen molar-refractivity contribution in [3.8, 4) is 23.0 Å². The molecule has 0 radical (unpaired) electrons. The minimum Gasteiger partial charge on any atom is -0.508 e. The molecule has 1 aliphatic rings. The molecular formula is C14H16N2O5. The van der Waals surface area contributed by atoms with Crippen molar-refractivity contribution in [2.45, 2.75) is 18.4 Å².